The van der Waals surface area contributed by atoms with Gasteiger partial charge >= 0.3 is 11.7 Å². The zero-order valence-corrected chi connectivity index (χ0v) is 22.9. The second-order valence-corrected chi connectivity index (χ2v) is 8.71. The summed E-state index contributed by atoms with van der Waals surface area (Å²) in [5, 5.41) is 14.6. The molecule has 0 radical (unpaired) electrons. The molecule has 2 unspecified atom stereocenters. The van der Waals surface area contributed by atoms with Crippen LogP contribution in [0.1, 0.15) is 18.3 Å². The number of esters is 1. The molecule has 15 heteroatoms. The summed E-state index contributed by atoms with van der Waals surface area (Å²) in [5.74, 6) is -1.34. The second-order valence-electron chi connectivity index (χ2n) is 8.08. The summed E-state index contributed by atoms with van der Waals surface area (Å²) in [7, 11) is 4.02. The van der Waals surface area contributed by atoms with Gasteiger partial charge in [-0.05, 0) is 31.2 Å². The minimum absolute atomic E-state index is 0.0629. The van der Waals surface area contributed by atoms with Crippen LogP contribution < -0.4 is 14.8 Å². The van der Waals surface area contributed by atoms with E-state index in [1.807, 2.05) is 0 Å². The number of alkyl halides is 1. The molecule has 0 saturated carbocycles. The molecule has 40 heavy (non-hydrogen) atoms. The van der Waals surface area contributed by atoms with Crippen molar-refractivity contribution >= 4 is 29.1 Å². The number of nitro groups is 1. The average Bonchev–Trinajstić information content (AvgIpc) is 2.91. The fourth-order valence-electron chi connectivity index (χ4n) is 3.63. The van der Waals surface area contributed by atoms with Crippen molar-refractivity contribution in [2.24, 2.45) is 0 Å². The number of ether oxygens (including phenoxy) is 6. The third-order valence-electron chi connectivity index (χ3n) is 5.37. The Morgan fingerprint density at radius 3 is 2.65 bits per heavy atom. The quantitative estimate of drug-likeness (QED) is 0.0863. The Morgan fingerprint density at radius 1 is 1.23 bits per heavy atom. The zero-order valence-electron chi connectivity index (χ0n) is 22.1. The van der Waals surface area contributed by atoms with Gasteiger partial charge in [0.15, 0.2) is 10.8 Å². The lowest BCUT2D eigenvalue weighted by molar-refractivity contribution is -0.385. The van der Waals surface area contributed by atoms with Gasteiger partial charge in [0.2, 0.25) is 5.82 Å². The number of aromatic nitrogens is 2. The van der Waals surface area contributed by atoms with Crippen LogP contribution in [0.4, 0.5) is 15.9 Å². The molecular formula is C25H28ClFN4O9. The predicted molar refractivity (Wildman–Crippen MR) is 139 cm³/mol. The van der Waals surface area contributed by atoms with Crippen molar-refractivity contribution in [2.45, 2.75) is 31.2 Å². The van der Waals surface area contributed by atoms with Crippen LogP contribution in [0.15, 0.2) is 42.2 Å². The number of carbonyl (C=O) groups is 1. The van der Waals surface area contributed by atoms with Gasteiger partial charge in [-0.2, -0.15) is 4.98 Å². The van der Waals surface area contributed by atoms with Gasteiger partial charge in [0.25, 0.3) is 5.88 Å². The van der Waals surface area contributed by atoms with Gasteiger partial charge in [-0.25, -0.2) is 14.2 Å². The summed E-state index contributed by atoms with van der Waals surface area (Å²) in [6.45, 7) is 1.05. The third-order valence-corrected chi connectivity index (χ3v) is 5.70. The molecule has 0 bridgehead atoms. The molecule has 2 aromatic rings. The fourth-order valence-corrected chi connectivity index (χ4v) is 3.90. The van der Waals surface area contributed by atoms with E-state index in [9.17, 15) is 19.3 Å². The maximum Gasteiger partial charge on any atom is 0.372 e. The van der Waals surface area contributed by atoms with Crippen LogP contribution in [0, 0.1) is 15.9 Å². The standard InChI is InChI=1S/C25H28ClFN4O9/c1-5-38-21(32)14-40-18-9-10-25(26,11-19(18)39-12-15-16(27)7-6-8-17(15)36-3)30-23-22(31(33)34)24(37-4)29-20(28-23)13-35-2/h6-11,18H,5,12-14H2,1-4H3,(H,28,29,30). The van der Waals surface area contributed by atoms with Crippen LogP contribution >= 0.6 is 11.6 Å². The first kappa shape index (κ1) is 30.5. The number of hydrogen-bond acceptors (Lipinski definition) is 12. The average molecular weight is 583 g/mol. The van der Waals surface area contributed by atoms with E-state index < -0.39 is 40.1 Å². The minimum Gasteiger partial charge on any atom is -0.496 e. The SMILES string of the molecule is CCOC(=O)COC1C=CC(Cl)(Nc2nc(COC)nc(OC)c2[N+](=O)[O-])C=C1OCc1c(F)cccc1OC. The maximum absolute atomic E-state index is 14.5. The highest BCUT2D eigenvalue weighted by molar-refractivity contribution is 6.28. The number of nitrogens with zero attached hydrogens (tertiary/aromatic N) is 3. The van der Waals surface area contributed by atoms with Gasteiger partial charge < -0.3 is 33.7 Å². The highest BCUT2D eigenvalue weighted by Gasteiger charge is 2.35. The van der Waals surface area contributed by atoms with Gasteiger partial charge in [0.05, 0.1) is 31.3 Å². The van der Waals surface area contributed by atoms with Gasteiger partial charge in [-0.1, -0.05) is 17.7 Å². The molecule has 13 nitrogen and oxygen atoms in total. The van der Waals surface area contributed by atoms with Crippen LogP contribution in [0.25, 0.3) is 0 Å². The first-order chi connectivity index (χ1) is 19.1. The molecule has 1 heterocycles. The second kappa shape index (κ2) is 13.9. The van der Waals surface area contributed by atoms with Gasteiger partial charge in [-0.15, -0.1) is 0 Å². The molecule has 1 aromatic heterocycles. The van der Waals surface area contributed by atoms with E-state index in [0.717, 1.165) is 0 Å². The number of nitrogens with one attached hydrogen (secondary N) is 1. The normalized spacial score (nSPS) is 18.1. The molecule has 0 saturated heterocycles. The molecule has 1 aliphatic rings. The summed E-state index contributed by atoms with van der Waals surface area (Å²) in [5.41, 5.74) is -0.443. The molecule has 1 N–H and O–H groups in total. The fraction of sp³-hybridized carbons (Fsp3) is 0.400. The molecular weight excluding hydrogens is 555 g/mol. The van der Waals surface area contributed by atoms with E-state index in [1.165, 1.54) is 51.7 Å². The Hall–Kier alpha value is -4.01. The molecule has 1 aromatic carbocycles. The Morgan fingerprint density at radius 2 is 2.00 bits per heavy atom. The topological polar surface area (TPSA) is 153 Å². The highest BCUT2D eigenvalue weighted by Crippen LogP contribution is 2.37. The molecule has 3 rings (SSSR count). The largest absolute Gasteiger partial charge is 0.496 e. The number of anilines is 1. The van der Waals surface area contributed by atoms with Crippen molar-refractivity contribution in [1.82, 2.24) is 9.97 Å². The lowest BCUT2D eigenvalue weighted by Gasteiger charge is -2.30. The Bertz CT molecular complexity index is 1290. The van der Waals surface area contributed by atoms with Crippen LogP contribution in [-0.4, -0.2) is 66.5 Å². The van der Waals surface area contributed by atoms with E-state index in [4.69, 9.17) is 40.0 Å². The number of benzene rings is 1. The van der Waals surface area contributed by atoms with Crippen molar-refractivity contribution < 1.29 is 42.5 Å². The molecule has 2 atom stereocenters. The number of methoxy groups -OCH3 is 3. The number of halogens is 2. The van der Waals surface area contributed by atoms with Gasteiger partial charge in [0.1, 0.15) is 43.3 Å². The summed E-state index contributed by atoms with van der Waals surface area (Å²) in [6.07, 6.45) is 3.31. The van der Waals surface area contributed by atoms with Crippen LogP contribution in [0.2, 0.25) is 0 Å². The highest BCUT2D eigenvalue weighted by atomic mass is 35.5. The van der Waals surface area contributed by atoms with Crippen molar-refractivity contribution in [3.63, 3.8) is 0 Å². The lowest BCUT2D eigenvalue weighted by Crippen LogP contribution is -2.35. The van der Waals surface area contributed by atoms with Crippen molar-refractivity contribution in [1.29, 1.82) is 0 Å². The molecule has 0 amide bonds. The maximum atomic E-state index is 14.5. The van der Waals surface area contributed by atoms with Gasteiger partial charge in [0, 0.05) is 13.2 Å². The Labute approximate surface area is 234 Å². The van der Waals surface area contributed by atoms with Crippen LogP contribution in [0.5, 0.6) is 11.6 Å². The number of rotatable bonds is 14. The summed E-state index contributed by atoms with van der Waals surface area (Å²) in [6, 6.07) is 4.30. The number of carbonyl (C=O) groups excluding carboxylic acids is 1. The first-order valence-electron chi connectivity index (χ1n) is 11.8. The molecule has 1 aliphatic carbocycles. The zero-order chi connectivity index (χ0) is 29.3. The summed E-state index contributed by atoms with van der Waals surface area (Å²) >= 11 is 6.80. The van der Waals surface area contributed by atoms with Crippen LogP contribution in [-0.2, 0) is 37.0 Å². The van der Waals surface area contributed by atoms with Gasteiger partial charge in [-0.3, -0.25) is 10.1 Å². The van der Waals surface area contributed by atoms with E-state index in [1.54, 1.807) is 13.0 Å². The molecule has 0 spiro atoms. The first-order valence-corrected chi connectivity index (χ1v) is 12.2. The Kier molecular flexibility index (Phi) is 10.6. The van der Waals surface area contributed by atoms with Crippen molar-refractivity contribution in [2.75, 3.05) is 39.9 Å². The molecule has 216 valence electrons. The van der Waals surface area contributed by atoms with E-state index >= 15 is 0 Å². The van der Waals surface area contributed by atoms with Crippen LogP contribution in [0.3, 0.4) is 0 Å². The monoisotopic (exact) mass is 582 g/mol. The molecule has 0 aliphatic heterocycles. The number of hydrogen-bond donors (Lipinski definition) is 1. The Balaban J connectivity index is 1.97. The van der Waals surface area contributed by atoms with Crippen molar-refractivity contribution in [3.05, 3.63) is 69.5 Å². The predicted octanol–water partition coefficient (Wildman–Crippen LogP) is 3.65. The summed E-state index contributed by atoms with van der Waals surface area (Å²) in [4.78, 5) is 29.5. The summed E-state index contributed by atoms with van der Waals surface area (Å²) < 4.78 is 46.3. The lowest BCUT2D eigenvalue weighted by atomic mass is 10.1. The molecule has 0 fully saturated rings. The van der Waals surface area contributed by atoms with E-state index in [0.29, 0.717) is 0 Å². The smallest absolute Gasteiger partial charge is 0.372 e. The van der Waals surface area contributed by atoms with Crippen molar-refractivity contribution in [3.8, 4) is 11.6 Å². The minimum atomic E-state index is -1.65. The van der Waals surface area contributed by atoms with E-state index in [-0.39, 0.29) is 54.4 Å². The van der Waals surface area contributed by atoms with E-state index in [2.05, 4.69) is 15.3 Å². The third kappa shape index (κ3) is 7.55.